The van der Waals surface area contributed by atoms with Gasteiger partial charge in [0.25, 0.3) is 5.91 Å². The van der Waals surface area contributed by atoms with Crippen LogP contribution in [0.25, 0.3) is 5.69 Å². The number of rotatable bonds is 6. The molecule has 1 N–H and O–H groups in total. The Morgan fingerprint density at radius 2 is 2.04 bits per heavy atom. The van der Waals surface area contributed by atoms with E-state index in [1.54, 1.807) is 6.92 Å². The largest absolute Gasteiger partial charge is 0.448 e. The zero-order valence-electron chi connectivity index (χ0n) is 14.6. The Hall–Kier alpha value is -2.63. The number of fused-ring (bicyclic) bond motifs is 1. The molecule has 25 heavy (non-hydrogen) atoms. The van der Waals surface area contributed by atoms with Crippen LogP contribution >= 0.6 is 0 Å². The number of para-hydroxylation sites is 1. The minimum absolute atomic E-state index is 0.283. The highest BCUT2D eigenvalue weighted by atomic mass is 16.5. The predicted octanol–water partition coefficient (Wildman–Crippen LogP) is 2.43. The third-order valence-electron chi connectivity index (χ3n) is 4.33. The predicted molar refractivity (Wildman–Crippen MR) is 93.8 cm³/mol. The van der Waals surface area contributed by atoms with Crippen LogP contribution < -0.4 is 5.32 Å². The third-order valence-corrected chi connectivity index (χ3v) is 4.33. The summed E-state index contributed by atoms with van der Waals surface area (Å²) in [5.41, 5.74) is 3.25. The molecule has 0 saturated heterocycles. The van der Waals surface area contributed by atoms with Crippen LogP contribution in [-0.4, -0.2) is 34.3 Å². The van der Waals surface area contributed by atoms with Gasteiger partial charge in [0, 0.05) is 17.8 Å². The molecule has 1 aliphatic carbocycles. The van der Waals surface area contributed by atoms with E-state index in [0.717, 1.165) is 42.6 Å². The third kappa shape index (κ3) is 3.57. The Morgan fingerprint density at radius 3 is 2.76 bits per heavy atom. The molecule has 1 amide bonds. The van der Waals surface area contributed by atoms with Gasteiger partial charge in [-0.2, -0.15) is 5.10 Å². The van der Waals surface area contributed by atoms with Crippen molar-refractivity contribution < 1.29 is 14.3 Å². The molecule has 0 saturated carbocycles. The van der Waals surface area contributed by atoms with Crippen molar-refractivity contribution in [3.8, 4) is 5.69 Å². The molecule has 2 aromatic rings. The van der Waals surface area contributed by atoms with Gasteiger partial charge in [-0.25, -0.2) is 9.48 Å². The van der Waals surface area contributed by atoms with E-state index in [1.807, 2.05) is 41.9 Å². The van der Waals surface area contributed by atoms with Gasteiger partial charge in [-0.15, -0.1) is 0 Å². The summed E-state index contributed by atoms with van der Waals surface area (Å²) in [7, 11) is 0. The summed E-state index contributed by atoms with van der Waals surface area (Å²) in [5, 5.41) is 7.22. The molecular formula is C19H23N3O3. The second kappa shape index (κ2) is 7.51. The Labute approximate surface area is 147 Å². The molecule has 132 valence electrons. The highest BCUT2D eigenvalue weighted by Crippen LogP contribution is 2.28. The quantitative estimate of drug-likeness (QED) is 0.819. The molecule has 0 spiro atoms. The maximum Gasteiger partial charge on any atom is 0.359 e. The Balaban J connectivity index is 1.81. The van der Waals surface area contributed by atoms with Crippen molar-refractivity contribution >= 4 is 11.9 Å². The molecule has 0 radical (unpaired) electrons. The first-order chi connectivity index (χ1) is 12.1. The zero-order valence-corrected chi connectivity index (χ0v) is 14.6. The minimum atomic E-state index is -0.835. The highest BCUT2D eigenvalue weighted by molar-refractivity contribution is 5.92. The van der Waals surface area contributed by atoms with Crippen molar-refractivity contribution in [1.82, 2.24) is 15.1 Å². The van der Waals surface area contributed by atoms with Crippen molar-refractivity contribution in [2.45, 2.75) is 45.6 Å². The van der Waals surface area contributed by atoms with Crippen LogP contribution in [0.2, 0.25) is 0 Å². The van der Waals surface area contributed by atoms with Crippen LogP contribution in [0.3, 0.4) is 0 Å². The molecule has 1 aromatic carbocycles. The van der Waals surface area contributed by atoms with Crippen molar-refractivity contribution in [2.24, 2.45) is 0 Å². The highest BCUT2D eigenvalue weighted by Gasteiger charge is 2.29. The summed E-state index contributed by atoms with van der Waals surface area (Å²) in [6.45, 7) is 4.12. The van der Waals surface area contributed by atoms with E-state index < -0.39 is 12.1 Å². The van der Waals surface area contributed by atoms with E-state index in [1.165, 1.54) is 0 Å². The maximum atomic E-state index is 12.6. The number of aromatic nitrogens is 2. The summed E-state index contributed by atoms with van der Waals surface area (Å²) in [6.07, 6.45) is 2.69. The van der Waals surface area contributed by atoms with Crippen molar-refractivity contribution in [3.63, 3.8) is 0 Å². The summed E-state index contributed by atoms with van der Waals surface area (Å²) in [4.78, 5) is 24.5. The van der Waals surface area contributed by atoms with Crippen LogP contribution in [0, 0.1) is 0 Å². The standard InChI is InChI=1S/C19H23N3O3/c1-3-12-20-18(23)13(2)25-19(24)17-15-10-7-11-16(15)22(21-17)14-8-5-4-6-9-14/h4-6,8-9,13H,3,7,10-12H2,1-2H3,(H,20,23)/t13-/m1/s1. The number of ether oxygens (including phenoxy) is 1. The molecule has 0 aliphatic heterocycles. The SMILES string of the molecule is CCCNC(=O)[C@@H](C)OC(=O)c1nn(-c2ccccc2)c2c1CCC2. The number of carbonyl (C=O) groups is 2. The summed E-state index contributed by atoms with van der Waals surface area (Å²) in [5.74, 6) is -0.818. The van der Waals surface area contributed by atoms with E-state index in [0.29, 0.717) is 12.2 Å². The van der Waals surface area contributed by atoms with E-state index in [9.17, 15) is 9.59 Å². The number of benzene rings is 1. The molecule has 0 fully saturated rings. The molecule has 6 heteroatoms. The van der Waals surface area contributed by atoms with Gasteiger partial charge in [0.1, 0.15) is 0 Å². The van der Waals surface area contributed by atoms with E-state index in [4.69, 9.17) is 4.74 Å². The van der Waals surface area contributed by atoms with Crippen molar-refractivity contribution in [1.29, 1.82) is 0 Å². The fourth-order valence-corrected chi connectivity index (χ4v) is 3.05. The Kier molecular flexibility index (Phi) is 5.16. The van der Waals surface area contributed by atoms with E-state index >= 15 is 0 Å². The molecule has 1 atom stereocenters. The lowest BCUT2D eigenvalue weighted by Gasteiger charge is -2.12. The van der Waals surface area contributed by atoms with Gasteiger partial charge in [0.05, 0.1) is 5.69 Å². The second-order valence-corrected chi connectivity index (χ2v) is 6.21. The first kappa shape index (κ1) is 17.2. The lowest BCUT2D eigenvalue weighted by molar-refractivity contribution is -0.129. The number of amides is 1. The molecule has 6 nitrogen and oxygen atoms in total. The first-order valence-electron chi connectivity index (χ1n) is 8.76. The average Bonchev–Trinajstić information content (AvgIpc) is 3.22. The molecule has 0 bridgehead atoms. The second-order valence-electron chi connectivity index (χ2n) is 6.21. The topological polar surface area (TPSA) is 73.2 Å². The minimum Gasteiger partial charge on any atom is -0.448 e. The van der Waals surface area contributed by atoms with Gasteiger partial charge in [0.15, 0.2) is 11.8 Å². The Morgan fingerprint density at radius 1 is 1.28 bits per heavy atom. The number of nitrogens with zero attached hydrogens (tertiary/aromatic N) is 2. The molecular weight excluding hydrogens is 318 g/mol. The summed E-state index contributed by atoms with van der Waals surface area (Å²) in [6, 6.07) is 9.75. The molecule has 1 aromatic heterocycles. The van der Waals surface area contributed by atoms with Crippen LogP contribution in [0.5, 0.6) is 0 Å². The van der Waals surface area contributed by atoms with Gasteiger partial charge in [0.2, 0.25) is 0 Å². The van der Waals surface area contributed by atoms with Gasteiger partial charge < -0.3 is 10.1 Å². The van der Waals surface area contributed by atoms with Crippen LogP contribution in [-0.2, 0) is 22.4 Å². The van der Waals surface area contributed by atoms with Crippen LogP contribution in [0.15, 0.2) is 30.3 Å². The van der Waals surface area contributed by atoms with Gasteiger partial charge in [-0.05, 0) is 44.7 Å². The number of esters is 1. The van der Waals surface area contributed by atoms with Crippen LogP contribution in [0.4, 0.5) is 0 Å². The summed E-state index contributed by atoms with van der Waals surface area (Å²) < 4.78 is 7.16. The van der Waals surface area contributed by atoms with Gasteiger partial charge >= 0.3 is 5.97 Å². The lowest BCUT2D eigenvalue weighted by atomic mass is 10.2. The number of hydrogen-bond donors (Lipinski definition) is 1. The molecule has 0 unspecified atom stereocenters. The smallest absolute Gasteiger partial charge is 0.359 e. The number of nitrogens with one attached hydrogen (secondary N) is 1. The fourth-order valence-electron chi connectivity index (χ4n) is 3.05. The van der Waals surface area contributed by atoms with Crippen molar-refractivity contribution in [3.05, 3.63) is 47.3 Å². The maximum absolute atomic E-state index is 12.6. The normalized spacial score (nSPS) is 14.0. The monoisotopic (exact) mass is 341 g/mol. The lowest BCUT2D eigenvalue weighted by Crippen LogP contribution is -2.36. The molecule has 1 heterocycles. The number of hydrogen-bond acceptors (Lipinski definition) is 4. The van der Waals surface area contributed by atoms with Crippen LogP contribution in [0.1, 0.15) is 48.4 Å². The van der Waals surface area contributed by atoms with Gasteiger partial charge in [-0.1, -0.05) is 25.1 Å². The zero-order chi connectivity index (χ0) is 17.8. The van der Waals surface area contributed by atoms with Gasteiger partial charge in [-0.3, -0.25) is 4.79 Å². The average molecular weight is 341 g/mol. The van der Waals surface area contributed by atoms with E-state index in [-0.39, 0.29) is 5.91 Å². The Bertz CT molecular complexity index is 768. The van der Waals surface area contributed by atoms with Crippen molar-refractivity contribution in [2.75, 3.05) is 6.54 Å². The first-order valence-corrected chi connectivity index (χ1v) is 8.76. The fraction of sp³-hybridized carbons (Fsp3) is 0.421. The van der Waals surface area contributed by atoms with E-state index in [2.05, 4.69) is 10.4 Å². The molecule has 3 rings (SSSR count). The molecule has 1 aliphatic rings. The number of carbonyl (C=O) groups excluding carboxylic acids is 2. The summed E-state index contributed by atoms with van der Waals surface area (Å²) >= 11 is 0.